The van der Waals surface area contributed by atoms with Crippen molar-refractivity contribution in [2.75, 3.05) is 0 Å². The third-order valence-corrected chi connectivity index (χ3v) is 14.1. The first-order chi connectivity index (χ1) is 36.4. The Labute approximate surface area is 463 Å². The molecule has 0 N–H and O–H groups in total. The number of hydrogen-bond donors (Lipinski definition) is 0. The fourth-order valence-corrected chi connectivity index (χ4v) is 11.2. The Balaban J connectivity index is 1.90. The molecule has 2 aliphatic heterocycles. The maximum atomic E-state index is 14.5. The summed E-state index contributed by atoms with van der Waals surface area (Å²) < 4.78 is 0.323. The summed E-state index contributed by atoms with van der Waals surface area (Å²) in [5.74, 6) is 0. The van der Waals surface area contributed by atoms with Gasteiger partial charge in [0.05, 0.1) is 72.2 Å². The van der Waals surface area contributed by atoms with Gasteiger partial charge in [-0.3, -0.25) is 65.3 Å². The molecule has 0 fully saturated rings. The molecule has 9 rings (SSSR count). The van der Waals surface area contributed by atoms with Gasteiger partial charge in [0, 0.05) is 59.5 Å². The normalized spacial score (nSPS) is 12.0. The fraction of sp³-hybridized carbons (Fsp3) is 0. The molecule has 0 radical (unpaired) electrons. The van der Waals surface area contributed by atoms with Gasteiger partial charge in [0.25, 0.3) is 5.52 Å². The van der Waals surface area contributed by atoms with Crippen molar-refractivity contribution in [3.63, 3.8) is 0 Å². The number of benzene rings is 4. The van der Waals surface area contributed by atoms with Gasteiger partial charge in [0.1, 0.15) is 5.52 Å². The van der Waals surface area contributed by atoms with Crippen LogP contribution < -0.4 is 0 Å². The van der Waals surface area contributed by atoms with Crippen LogP contribution in [0, 0.1) is 70.8 Å². The van der Waals surface area contributed by atoms with Crippen molar-refractivity contribution in [2.45, 2.75) is 0 Å². The van der Waals surface area contributed by atoms with Crippen LogP contribution in [0.2, 0.25) is 40.2 Å². The number of fused-ring (bicyclic) bond motifs is 8. The third-order valence-electron chi connectivity index (χ3n) is 11.6. The lowest BCUT2D eigenvalue weighted by Gasteiger charge is -2.17. The lowest BCUT2D eigenvalue weighted by Crippen LogP contribution is -2.11. The lowest BCUT2D eigenvalue weighted by atomic mass is 9.92. The highest BCUT2D eigenvalue weighted by atomic mass is 35.5. The van der Waals surface area contributed by atoms with Crippen LogP contribution in [-0.2, 0) is 0 Å². The SMILES string of the molecule is O=[N+]([O-])C1=C([N+](=O)[O-])c2nc1c([N+](=O)[O-])c1c(-c3c(Cl)cccc3Cl)c(-c3c(Cl)cccc3Cl)c(c(-c3c(Cl)cccc3Cl)c3nc(cc4c([N+](=O)[O-])c([N+](=O)[O-])c(c2[N+](=O)[O-])n4[N+](=O)[O-])C=C3)n1-c1c(Cl)cccc1Cl. The Hall–Kier alpha value is -8.40. The van der Waals surface area contributed by atoms with Crippen LogP contribution in [0.15, 0.2) is 78.9 Å². The van der Waals surface area contributed by atoms with Gasteiger partial charge in [0.2, 0.25) is 11.4 Å². The maximum Gasteiger partial charge on any atom is 0.385 e. The smallest absolute Gasteiger partial charge is 0.300 e. The zero-order chi connectivity index (χ0) is 56.0. The van der Waals surface area contributed by atoms with Gasteiger partial charge in [-0.25, -0.2) is 20.1 Å². The van der Waals surface area contributed by atoms with Crippen LogP contribution in [-0.4, -0.2) is 53.8 Å². The molecule has 0 atom stereocenters. The first kappa shape index (κ1) is 53.4. The molecule has 77 heavy (non-hydrogen) atoms. The second-order valence-corrected chi connectivity index (χ2v) is 18.9. The first-order valence-electron chi connectivity index (χ1n) is 20.6. The Morgan fingerprint density at radius 1 is 0.390 bits per heavy atom. The molecular formula is C44H15Cl8N11O14. The van der Waals surface area contributed by atoms with Crippen LogP contribution in [0.25, 0.3) is 84.7 Å². The summed E-state index contributed by atoms with van der Waals surface area (Å²) >= 11 is 56.6. The highest BCUT2D eigenvalue weighted by molar-refractivity contribution is 6.44. The molecule has 33 heteroatoms. The van der Waals surface area contributed by atoms with Gasteiger partial charge in [0.15, 0.2) is 10.5 Å². The molecule has 2 aliphatic rings. The molecule has 4 aromatic carbocycles. The van der Waals surface area contributed by atoms with Crippen molar-refractivity contribution < 1.29 is 34.6 Å². The predicted molar refractivity (Wildman–Crippen MR) is 285 cm³/mol. The average Bonchev–Trinajstić information content (AvgIpc) is 4.28. The van der Waals surface area contributed by atoms with Gasteiger partial charge in [-0.1, -0.05) is 117 Å². The standard InChI is InChI=1S/C44H15Cl8N11O14/c45-17-5-1-6-18(46)27(17)30-25-14-13-16(53-25)15-26-36(57(64)65)44(62(74)75)43(56(26)63(76)77)42(61(72)73)34-41(60(70)71)40(59(68)69)33(54-34)39(58(66)67)38-32(29-21(49)9-3-10-22(29)50)31(28-19(47)7-2-8-20(28)48)37(30)55(38)35-23(51)11-4-12-24(35)52/h1-15H. The third kappa shape index (κ3) is 8.54. The minimum atomic E-state index is -2.24. The Morgan fingerprint density at radius 3 is 1.16 bits per heavy atom. The van der Waals surface area contributed by atoms with E-state index in [-0.39, 0.29) is 62.6 Å². The number of halogens is 8. The molecule has 5 heterocycles. The molecule has 0 amide bonds. The number of para-hydroxylation sites is 1. The highest BCUT2D eigenvalue weighted by Crippen LogP contribution is 2.58. The van der Waals surface area contributed by atoms with E-state index in [9.17, 15) is 70.8 Å². The number of hydrogen-bond acceptors (Lipinski definition) is 16. The highest BCUT2D eigenvalue weighted by Gasteiger charge is 2.53. The van der Waals surface area contributed by atoms with Crippen molar-refractivity contribution in [1.82, 2.24) is 19.2 Å². The molecule has 0 saturated carbocycles. The summed E-state index contributed by atoms with van der Waals surface area (Å²) in [5.41, 5.74) is -24.6. The van der Waals surface area contributed by atoms with Crippen molar-refractivity contribution in [3.05, 3.63) is 213 Å². The van der Waals surface area contributed by atoms with Crippen molar-refractivity contribution in [1.29, 1.82) is 0 Å². The van der Waals surface area contributed by atoms with E-state index in [2.05, 4.69) is 9.97 Å². The van der Waals surface area contributed by atoms with E-state index >= 15 is 0 Å². The first-order valence-corrected chi connectivity index (χ1v) is 23.6. The van der Waals surface area contributed by atoms with Crippen LogP contribution in [0.1, 0.15) is 22.8 Å². The van der Waals surface area contributed by atoms with Gasteiger partial charge in [-0.05, 0) is 65.4 Å². The summed E-state index contributed by atoms with van der Waals surface area (Å²) in [6.07, 6.45) is 2.19. The van der Waals surface area contributed by atoms with Gasteiger partial charge in [-0.2, -0.15) is 0 Å². The average molecular weight is 1210 g/mol. The summed E-state index contributed by atoms with van der Waals surface area (Å²) in [6.45, 7) is 0. The van der Waals surface area contributed by atoms with Crippen molar-refractivity contribution in [3.8, 4) is 39.1 Å². The maximum absolute atomic E-state index is 14.5. The number of rotatable bonds is 11. The summed E-state index contributed by atoms with van der Waals surface area (Å²) in [6, 6.07) is 16.2. The zero-order valence-corrected chi connectivity index (χ0v) is 42.9. The van der Waals surface area contributed by atoms with Gasteiger partial charge >= 0.3 is 34.1 Å². The molecule has 8 bridgehead atoms. The second kappa shape index (κ2) is 19.9. The van der Waals surface area contributed by atoms with E-state index in [0.717, 1.165) is 16.7 Å². The molecule has 7 aromatic rings. The molecule has 0 aliphatic carbocycles. The summed E-state index contributed by atoms with van der Waals surface area (Å²) in [5, 5.41) is 89.9. The molecule has 0 saturated heterocycles. The fourth-order valence-electron chi connectivity index (χ4n) is 8.87. The largest absolute Gasteiger partial charge is 0.385 e. The van der Waals surface area contributed by atoms with E-state index in [1.807, 2.05) is 0 Å². The minimum absolute atomic E-state index is 0.239. The number of aromatic nitrogens is 4. The Morgan fingerprint density at radius 2 is 0.766 bits per heavy atom. The number of nitro groups is 7. The quantitative estimate of drug-likeness (QED) is 0.0857. The van der Waals surface area contributed by atoms with Crippen molar-refractivity contribution in [2.24, 2.45) is 0 Å². The van der Waals surface area contributed by atoms with Gasteiger partial charge in [-0.15, -0.1) is 0 Å². The number of nitrogens with zero attached hydrogens (tertiary/aromatic N) is 11. The Bertz CT molecular complexity index is 4160. The van der Waals surface area contributed by atoms with Crippen molar-refractivity contribution >= 4 is 161 Å². The van der Waals surface area contributed by atoms with E-state index < -0.39 is 135 Å². The lowest BCUT2D eigenvalue weighted by molar-refractivity contribution is -0.534. The monoisotopic (exact) mass is 1200 g/mol. The zero-order valence-electron chi connectivity index (χ0n) is 36.8. The van der Waals surface area contributed by atoms with E-state index in [0.29, 0.717) is 6.07 Å². The molecule has 3 aromatic heterocycles. The minimum Gasteiger partial charge on any atom is -0.300 e. The van der Waals surface area contributed by atoms with E-state index in [4.69, 9.17) is 92.8 Å². The van der Waals surface area contributed by atoms with E-state index in [1.165, 1.54) is 72.8 Å². The molecule has 0 spiro atoms. The van der Waals surface area contributed by atoms with Crippen LogP contribution in [0.4, 0.5) is 22.7 Å². The van der Waals surface area contributed by atoms with Crippen LogP contribution in [0.3, 0.4) is 0 Å². The predicted octanol–water partition coefficient (Wildman–Crippen LogP) is 14.7. The van der Waals surface area contributed by atoms with E-state index in [1.54, 1.807) is 0 Å². The molecule has 386 valence electrons. The second-order valence-electron chi connectivity index (χ2n) is 15.6. The molecule has 0 unspecified atom stereocenters. The molecule has 25 nitrogen and oxygen atoms in total. The van der Waals surface area contributed by atoms with Crippen LogP contribution in [0.5, 0.6) is 0 Å². The van der Waals surface area contributed by atoms with Crippen LogP contribution >= 0.6 is 92.8 Å². The Kier molecular flexibility index (Phi) is 13.8. The molecular weight excluding hydrogens is 1190 g/mol. The topological polar surface area (TPSA) is 338 Å². The summed E-state index contributed by atoms with van der Waals surface area (Å²) in [7, 11) is 0. The summed E-state index contributed by atoms with van der Waals surface area (Å²) in [4.78, 5) is 92.7. The van der Waals surface area contributed by atoms with Gasteiger partial charge < -0.3 is 0 Å².